The van der Waals surface area contributed by atoms with E-state index in [1.165, 1.54) is 52.8 Å². The van der Waals surface area contributed by atoms with Crippen molar-refractivity contribution in [2.75, 3.05) is 20.6 Å². The molecule has 0 saturated carbocycles. The van der Waals surface area contributed by atoms with E-state index in [-0.39, 0.29) is 30.8 Å². The maximum atomic E-state index is 14.2. The SMILES string of the molecule is C/C=C(\C)[C@H]1OC(=O)C(C)(C)NC(=O)C(C(C)CC)NC(=O)CN(C)C(=O)[C@@H](Cc2ccc(Cl)cc2)N(C)C(=O)[C@H](C)NC(=O)[C@@H](CC(C)C)OC(=O)/C(C)=C/C[C@H](O)[C@@H]1C. The Kier molecular flexibility index (Phi) is 20.1. The smallest absolute Gasteiger partial charge is 0.334 e. The van der Waals surface area contributed by atoms with Crippen molar-refractivity contribution in [1.29, 1.82) is 0 Å². The number of rotatable bonds is 7. The fourth-order valence-electron chi connectivity index (χ4n) is 6.66. The number of aliphatic hydroxyl groups excluding tert-OH is 1. The number of aliphatic hydroxyl groups is 1. The van der Waals surface area contributed by atoms with Crippen molar-refractivity contribution in [3.05, 3.63) is 58.1 Å². The number of hydrogen-bond donors (Lipinski definition) is 4. The van der Waals surface area contributed by atoms with Gasteiger partial charge in [-0.3, -0.25) is 24.0 Å². The minimum absolute atomic E-state index is 0.0229. The van der Waals surface area contributed by atoms with Crippen LogP contribution in [0.15, 0.2) is 47.6 Å². The van der Waals surface area contributed by atoms with Gasteiger partial charge >= 0.3 is 11.9 Å². The molecule has 61 heavy (non-hydrogen) atoms. The monoisotopic (exact) mass is 873 g/mol. The molecule has 0 radical (unpaired) electrons. The summed E-state index contributed by atoms with van der Waals surface area (Å²) in [6.45, 7) is 17.9. The largest absolute Gasteiger partial charge is 0.456 e. The van der Waals surface area contributed by atoms with Crippen molar-refractivity contribution < 1.29 is 48.1 Å². The molecule has 1 aromatic carbocycles. The van der Waals surface area contributed by atoms with Crippen LogP contribution in [0.25, 0.3) is 0 Å². The molecule has 2 unspecified atom stereocenters. The van der Waals surface area contributed by atoms with Gasteiger partial charge in [0.15, 0.2) is 6.10 Å². The summed E-state index contributed by atoms with van der Waals surface area (Å²) in [5, 5.41) is 19.9. The van der Waals surface area contributed by atoms with Gasteiger partial charge in [0.2, 0.25) is 23.6 Å². The van der Waals surface area contributed by atoms with E-state index in [1.807, 2.05) is 20.8 Å². The molecule has 1 aromatic rings. The summed E-state index contributed by atoms with van der Waals surface area (Å²) >= 11 is 6.12. The van der Waals surface area contributed by atoms with Crippen molar-refractivity contribution in [2.45, 2.75) is 144 Å². The van der Waals surface area contributed by atoms with Crippen LogP contribution in [0.3, 0.4) is 0 Å². The molecule has 0 spiro atoms. The van der Waals surface area contributed by atoms with Crippen LogP contribution >= 0.6 is 11.6 Å². The molecule has 2 rings (SSSR count). The van der Waals surface area contributed by atoms with Gasteiger partial charge in [0.1, 0.15) is 29.8 Å². The molecule has 0 fully saturated rings. The number of hydrogen-bond acceptors (Lipinski definition) is 10. The predicted octanol–water partition coefficient (Wildman–Crippen LogP) is 4.28. The Balaban J connectivity index is 2.67. The van der Waals surface area contributed by atoms with Crippen molar-refractivity contribution in [2.24, 2.45) is 17.8 Å². The average Bonchev–Trinajstić information content (AvgIpc) is 3.20. The summed E-state index contributed by atoms with van der Waals surface area (Å²) in [5.74, 6) is -6.05. The van der Waals surface area contributed by atoms with Gasteiger partial charge in [-0.1, -0.05) is 76.9 Å². The maximum Gasteiger partial charge on any atom is 0.334 e. The molecule has 1 aliphatic heterocycles. The lowest BCUT2D eigenvalue weighted by Gasteiger charge is -2.34. The second kappa shape index (κ2) is 23.5. The summed E-state index contributed by atoms with van der Waals surface area (Å²) in [7, 11) is 2.81. The lowest BCUT2D eigenvalue weighted by Crippen LogP contribution is -2.60. The van der Waals surface area contributed by atoms with E-state index in [2.05, 4.69) is 16.0 Å². The third kappa shape index (κ3) is 15.3. The summed E-state index contributed by atoms with van der Waals surface area (Å²) in [6.07, 6.45) is 0.511. The quantitative estimate of drug-likeness (QED) is 0.227. The number of esters is 2. The van der Waals surface area contributed by atoms with Crippen LogP contribution in [0, 0.1) is 17.8 Å². The molecule has 5 amide bonds. The molecule has 0 bridgehead atoms. The Labute approximate surface area is 366 Å². The first-order chi connectivity index (χ1) is 28.3. The first-order valence-electron chi connectivity index (χ1n) is 20.9. The van der Waals surface area contributed by atoms with Crippen LogP contribution in [-0.2, 0) is 49.5 Å². The number of carbonyl (C=O) groups is 7. The van der Waals surface area contributed by atoms with Crippen LogP contribution < -0.4 is 16.0 Å². The van der Waals surface area contributed by atoms with E-state index in [0.717, 1.165) is 4.90 Å². The van der Waals surface area contributed by atoms with E-state index in [0.29, 0.717) is 22.6 Å². The predicted molar refractivity (Wildman–Crippen MR) is 233 cm³/mol. The number of ether oxygens (including phenoxy) is 2. The molecule has 4 N–H and O–H groups in total. The van der Waals surface area contributed by atoms with E-state index in [1.54, 1.807) is 58.0 Å². The van der Waals surface area contributed by atoms with Gasteiger partial charge in [-0.05, 0) is 89.5 Å². The number of amides is 5. The third-order valence-electron chi connectivity index (χ3n) is 11.1. The highest BCUT2D eigenvalue weighted by molar-refractivity contribution is 6.30. The molecule has 0 aliphatic carbocycles. The summed E-state index contributed by atoms with van der Waals surface area (Å²) in [5.41, 5.74) is -0.179. The highest BCUT2D eigenvalue weighted by Gasteiger charge is 2.40. The fraction of sp³-hybridized carbons (Fsp3) is 0.622. The van der Waals surface area contributed by atoms with Gasteiger partial charge in [0.25, 0.3) is 5.91 Å². The van der Waals surface area contributed by atoms with Gasteiger partial charge in [0, 0.05) is 37.0 Å². The number of benzene rings is 1. The zero-order valence-electron chi connectivity index (χ0n) is 38.1. The van der Waals surface area contributed by atoms with E-state index >= 15 is 0 Å². The molecular formula is C45H68ClN5O10. The molecule has 340 valence electrons. The average molecular weight is 875 g/mol. The van der Waals surface area contributed by atoms with Gasteiger partial charge in [0.05, 0.1) is 12.6 Å². The number of cyclic esters (lactones) is 2. The molecule has 1 heterocycles. The van der Waals surface area contributed by atoms with Crippen molar-refractivity contribution in [1.82, 2.24) is 25.8 Å². The number of likely N-dealkylation sites (N-methyl/N-ethyl adjacent to an activating group) is 2. The number of halogens is 1. The Morgan fingerprint density at radius 3 is 2.13 bits per heavy atom. The highest BCUT2D eigenvalue weighted by Crippen LogP contribution is 2.25. The van der Waals surface area contributed by atoms with Crippen LogP contribution in [-0.4, -0.2) is 119 Å². The first-order valence-corrected chi connectivity index (χ1v) is 21.3. The van der Waals surface area contributed by atoms with Crippen LogP contribution in [0.4, 0.5) is 0 Å². The third-order valence-corrected chi connectivity index (χ3v) is 11.4. The van der Waals surface area contributed by atoms with Crippen LogP contribution in [0.1, 0.15) is 101 Å². The van der Waals surface area contributed by atoms with Crippen LogP contribution in [0.2, 0.25) is 5.02 Å². The molecule has 1 aliphatic rings. The summed E-state index contributed by atoms with van der Waals surface area (Å²) in [6, 6.07) is 3.26. The van der Waals surface area contributed by atoms with Gasteiger partial charge in [-0.15, -0.1) is 0 Å². The van der Waals surface area contributed by atoms with E-state index in [9.17, 15) is 38.7 Å². The lowest BCUT2D eigenvalue weighted by molar-refractivity contribution is -0.159. The summed E-state index contributed by atoms with van der Waals surface area (Å²) < 4.78 is 11.6. The van der Waals surface area contributed by atoms with Crippen molar-refractivity contribution in [3.8, 4) is 0 Å². The Hall–Kier alpha value is -4.76. The Morgan fingerprint density at radius 2 is 1.57 bits per heavy atom. The zero-order chi connectivity index (χ0) is 46.5. The molecule has 8 atom stereocenters. The first kappa shape index (κ1) is 52.4. The molecule has 16 heteroatoms. The second-order valence-electron chi connectivity index (χ2n) is 17.2. The minimum atomic E-state index is -1.59. The van der Waals surface area contributed by atoms with E-state index < -0.39 is 102 Å². The summed E-state index contributed by atoms with van der Waals surface area (Å²) in [4.78, 5) is 98.8. The topological polar surface area (TPSA) is 201 Å². The minimum Gasteiger partial charge on any atom is -0.456 e. The normalized spacial score (nSPS) is 27.9. The second-order valence-corrected chi connectivity index (χ2v) is 17.6. The van der Waals surface area contributed by atoms with Gasteiger partial charge in [-0.25, -0.2) is 9.59 Å². The number of nitrogens with zero attached hydrogens (tertiary/aromatic N) is 2. The van der Waals surface area contributed by atoms with Gasteiger partial charge in [-0.2, -0.15) is 0 Å². The molecule has 15 nitrogen and oxygen atoms in total. The highest BCUT2D eigenvalue weighted by atomic mass is 35.5. The lowest BCUT2D eigenvalue weighted by atomic mass is 9.90. The van der Waals surface area contributed by atoms with E-state index in [4.69, 9.17) is 21.1 Å². The van der Waals surface area contributed by atoms with Gasteiger partial charge < -0.3 is 40.3 Å². The van der Waals surface area contributed by atoms with Crippen molar-refractivity contribution >= 4 is 53.1 Å². The Morgan fingerprint density at radius 1 is 0.967 bits per heavy atom. The fourth-order valence-corrected chi connectivity index (χ4v) is 6.79. The number of carbonyl (C=O) groups excluding carboxylic acids is 7. The zero-order valence-corrected chi connectivity index (χ0v) is 38.8. The number of nitrogens with one attached hydrogen (secondary N) is 3. The maximum absolute atomic E-state index is 14.2. The Bertz CT molecular complexity index is 1800. The van der Waals surface area contributed by atoms with Crippen molar-refractivity contribution in [3.63, 3.8) is 0 Å². The molecule has 0 aromatic heterocycles. The molecule has 0 saturated heterocycles. The molecular weight excluding hydrogens is 806 g/mol. The number of allylic oxidation sites excluding steroid dienone is 1. The standard InChI is InChI=1S/C45H68ClN5O10/c1-14-26(5)37-40(55)49-45(10,11)44(59)61-38(27(6)15-2)29(8)34(52)21-16-28(7)43(58)60-35(22-25(3)4)39(54)47-30(9)41(56)51(13)33(23-31-17-19-32(46)20-18-31)42(57)50(12)24-36(53)48-37/h15-20,25-26,29-30,33-35,37-38,52H,14,21-24H2,1-13H3,(H,47,54)(H,48,53)(H,49,55)/b27-15+,28-16+/t26?,29-,30-,33+,34-,35+,37?,38+/m0/s1. The van der Waals surface area contributed by atoms with Crippen LogP contribution in [0.5, 0.6) is 0 Å².